The molecule has 2 heteroatoms. The van der Waals surface area contributed by atoms with Gasteiger partial charge in [0.1, 0.15) is 0 Å². The van der Waals surface area contributed by atoms with Gasteiger partial charge in [0.2, 0.25) is 0 Å². The molecule has 0 aromatic heterocycles. The molecule has 7 aliphatic carbocycles. The van der Waals surface area contributed by atoms with Crippen LogP contribution < -0.4 is 0 Å². The fraction of sp³-hybridized carbons (Fsp3) is 0.457. The van der Waals surface area contributed by atoms with Gasteiger partial charge in [-0.05, 0) is 123 Å². The summed E-state index contributed by atoms with van der Waals surface area (Å²) in [7, 11) is 0. The molecule has 0 saturated carbocycles. The third-order valence-corrected chi connectivity index (χ3v) is 13.0. The minimum Gasteiger partial charge on any atom is -0.342 e. The quantitative estimate of drug-likeness (QED) is 0.255. The largest absolute Gasteiger partial charge is 0.342 e. The van der Waals surface area contributed by atoms with Crippen LogP contribution in [0, 0.1) is 41.4 Å². The van der Waals surface area contributed by atoms with E-state index in [9.17, 15) is 0 Å². The lowest BCUT2D eigenvalue weighted by molar-refractivity contribution is 0.350. The molecule has 0 spiro atoms. The number of hydrogen-bond donors (Lipinski definition) is 0. The highest BCUT2D eigenvalue weighted by molar-refractivity contribution is 5.90. The summed E-state index contributed by atoms with van der Waals surface area (Å²) in [5.74, 6) is 4.16. The topological polar surface area (TPSA) is 15.6 Å². The van der Waals surface area contributed by atoms with Gasteiger partial charge in [0.05, 0.1) is 6.04 Å². The van der Waals surface area contributed by atoms with Crippen molar-refractivity contribution in [1.82, 2.24) is 4.90 Å². The summed E-state index contributed by atoms with van der Waals surface area (Å²) in [6.07, 6.45) is 56.5. The van der Waals surface area contributed by atoms with E-state index in [-0.39, 0.29) is 0 Å². The van der Waals surface area contributed by atoms with Gasteiger partial charge in [0.25, 0.3) is 0 Å². The molecule has 8 atom stereocenters. The van der Waals surface area contributed by atoms with Crippen LogP contribution in [0.25, 0.3) is 0 Å². The Kier molecular flexibility index (Phi) is 8.23. The first kappa shape index (κ1) is 30.4. The van der Waals surface area contributed by atoms with E-state index in [0.29, 0.717) is 47.5 Å². The number of hydrogen-bond acceptors (Lipinski definition) is 2. The highest BCUT2D eigenvalue weighted by Gasteiger charge is 2.46. The van der Waals surface area contributed by atoms with E-state index in [1.807, 2.05) is 12.4 Å². The molecular formula is C46H52N2. The number of aliphatic imine (C=N–C) groups is 1. The first-order valence-corrected chi connectivity index (χ1v) is 19.4. The average molecular weight is 633 g/mol. The van der Waals surface area contributed by atoms with Crippen molar-refractivity contribution in [3.63, 3.8) is 0 Å². The van der Waals surface area contributed by atoms with Gasteiger partial charge in [-0.3, -0.25) is 4.99 Å². The van der Waals surface area contributed by atoms with Crippen LogP contribution in [-0.2, 0) is 0 Å². The maximum absolute atomic E-state index is 4.27. The SMILES string of the molecule is CCC1C=C(C2C=CCC(C3=CCC4C(=C3)N(C3C=CCC3)C3=CC(C5=CCC(C6=CCCC=C6)C=C5)CCC34)C2)C=C(C2=CN=C2)C1. The smallest absolute Gasteiger partial charge is 0.0519 e. The Morgan fingerprint density at radius 2 is 1.62 bits per heavy atom. The van der Waals surface area contributed by atoms with E-state index in [4.69, 9.17) is 0 Å². The average Bonchev–Trinajstić information content (AvgIpc) is 3.77. The molecule has 0 aromatic carbocycles. The van der Waals surface area contributed by atoms with Crippen molar-refractivity contribution in [3.05, 3.63) is 142 Å². The maximum Gasteiger partial charge on any atom is 0.0519 e. The second kappa shape index (κ2) is 13.0. The molecular weight excluding hydrogens is 581 g/mol. The Hall–Kier alpha value is -3.65. The lowest BCUT2D eigenvalue weighted by Gasteiger charge is -2.34. The Balaban J connectivity index is 0.958. The van der Waals surface area contributed by atoms with Gasteiger partial charge in [0, 0.05) is 59.0 Å². The van der Waals surface area contributed by atoms with Gasteiger partial charge in [-0.25, -0.2) is 0 Å². The van der Waals surface area contributed by atoms with Crippen LogP contribution in [0.4, 0.5) is 0 Å². The molecule has 48 heavy (non-hydrogen) atoms. The van der Waals surface area contributed by atoms with E-state index in [1.165, 1.54) is 86.5 Å². The molecule has 8 unspecified atom stereocenters. The number of nitrogens with zero attached hydrogens (tertiary/aromatic N) is 2. The number of fused-ring (bicyclic) bond motifs is 3. The molecule has 0 radical (unpaired) electrons. The van der Waals surface area contributed by atoms with Crippen LogP contribution in [0.3, 0.4) is 0 Å². The number of rotatable bonds is 7. The Bertz CT molecular complexity index is 1740. The monoisotopic (exact) mass is 632 g/mol. The molecule has 0 amide bonds. The molecule has 1 fully saturated rings. The highest BCUT2D eigenvalue weighted by atomic mass is 15.2. The molecule has 9 rings (SSSR count). The summed E-state index contributed by atoms with van der Waals surface area (Å²) in [4.78, 5) is 7.12. The van der Waals surface area contributed by atoms with Gasteiger partial charge in [-0.1, -0.05) is 92.0 Å². The fourth-order valence-corrected chi connectivity index (χ4v) is 10.2. The van der Waals surface area contributed by atoms with E-state index in [0.717, 1.165) is 12.8 Å². The summed E-state index contributed by atoms with van der Waals surface area (Å²) < 4.78 is 0. The molecule has 9 aliphatic rings. The van der Waals surface area contributed by atoms with Crippen LogP contribution >= 0.6 is 0 Å². The number of likely N-dealkylation sites (tertiary alicyclic amines) is 1. The molecule has 2 aliphatic heterocycles. The lowest BCUT2D eigenvalue weighted by atomic mass is 9.72. The lowest BCUT2D eigenvalue weighted by Crippen LogP contribution is -2.30. The van der Waals surface area contributed by atoms with E-state index in [1.54, 1.807) is 22.5 Å². The Morgan fingerprint density at radius 1 is 0.708 bits per heavy atom. The first-order valence-electron chi connectivity index (χ1n) is 19.4. The van der Waals surface area contributed by atoms with Gasteiger partial charge in [0.15, 0.2) is 0 Å². The number of allylic oxidation sites excluding steroid dienone is 22. The minimum absolute atomic E-state index is 0.507. The first-order chi connectivity index (χ1) is 23.7. The molecule has 0 aromatic rings. The van der Waals surface area contributed by atoms with Crippen LogP contribution in [0.5, 0.6) is 0 Å². The maximum atomic E-state index is 4.27. The molecule has 1 saturated heterocycles. The predicted octanol–water partition coefficient (Wildman–Crippen LogP) is 11.4. The van der Waals surface area contributed by atoms with Gasteiger partial charge in [-0.15, -0.1) is 0 Å². The zero-order valence-electron chi connectivity index (χ0n) is 28.8. The molecule has 2 nitrogen and oxygen atoms in total. The van der Waals surface area contributed by atoms with Crippen molar-refractivity contribution in [2.24, 2.45) is 46.4 Å². The minimum atomic E-state index is 0.507. The van der Waals surface area contributed by atoms with Gasteiger partial charge in [-0.2, -0.15) is 0 Å². The van der Waals surface area contributed by atoms with Crippen LogP contribution in [-0.4, -0.2) is 17.2 Å². The summed E-state index contributed by atoms with van der Waals surface area (Å²) in [5.41, 5.74) is 12.3. The van der Waals surface area contributed by atoms with Crippen molar-refractivity contribution < 1.29 is 0 Å². The Morgan fingerprint density at radius 3 is 2.40 bits per heavy atom. The van der Waals surface area contributed by atoms with Crippen molar-refractivity contribution in [2.45, 2.75) is 90.0 Å². The molecule has 246 valence electrons. The zero-order valence-corrected chi connectivity index (χ0v) is 28.8. The second-order valence-electron chi connectivity index (χ2n) is 15.8. The van der Waals surface area contributed by atoms with Crippen molar-refractivity contribution >= 4 is 6.21 Å². The van der Waals surface area contributed by atoms with Crippen LogP contribution in [0.2, 0.25) is 0 Å². The summed E-state index contributed by atoms with van der Waals surface area (Å²) in [6.45, 7) is 2.34. The van der Waals surface area contributed by atoms with Crippen molar-refractivity contribution in [1.29, 1.82) is 0 Å². The standard InChI is InChI=1S/C46H52N2/c1-2-31-23-39(26-40(24-31)41-29-47-30-41)36-12-8-11-35(25-36)38-20-22-44-43-21-19-37(27-45(43)48(46(44)28-38)42-13-6-7-14-42)34-17-15-33(16-18-34)32-9-4-3-5-10-32/h4,6,8-10,12-13,15,17-18,20,23,26-31,33,35-37,42-44H,2-3,5,7,11,14,16,19,21-22,24-25H2,1H3. The molecule has 0 N–H and O–H groups in total. The summed E-state index contributed by atoms with van der Waals surface area (Å²) >= 11 is 0. The van der Waals surface area contributed by atoms with Crippen LogP contribution in [0.15, 0.2) is 147 Å². The van der Waals surface area contributed by atoms with E-state index < -0.39 is 0 Å². The molecule has 2 heterocycles. The van der Waals surface area contributed by atoms with E-state index in [2.05, 4.69) is 108 Å². The van der Waals surface area contributed by atoms with Gasteiger partial charge < -0.3 is 4.90 Å². The normalized spacial score (nSPS) is 36.6. The Labute approximate surface area is 288 Å². The fourth-order valence-electron chi connectivity index (χ4n) is 10.2. The van der Waals surface area contributed by atoms with Crippen molar-refractivity contribution in [3.8, 4) is 0 Å². The van der Waals surface area contributed by atoms with Crippen molar-refractivity contribution in [2.75, 3.05) is 0 Å². The summed E-state index contributed by atoms with van der Waals surface area (Å²) in [6, 6.07) is 0.517. The van der Waals surface area contributed by atoms with E-state index >= 15 is 0 Å². The van der Waals surface area contributed by atoms with Crippen LogP contribution in [0.1, 0.15) is 84.0 Å². The molecule has 0 bridgehead atoms. The predicted molar refractivity (Wildman–Crippen MR) is 201 cm³/mol. The highest BCUT2D eigenvalue weighted by Crippen LogP contribution is 2.54. The van der Waals surface area contributed by atoms with Gasteiger partial charge >= 0.3 is 0 Å². The third kappa shape index (κ3) is 5.64. The third-order valence-electron chi connectivity index (χ3n) is 13.0. The summed E-state index contributed by atoms with van der Waals surface area (Å²) in [5, 5.41) is 0. The zero-order chi connectivity index (χ0) is 32.0. The second-order valence-corrected chi connectivity index (χ2v) is 15.8.